The van der Waals surface area contributed by atoms with Crippen LogP contribution in [-0.4, -0.2) is 50.3 Å². The van der Waals surface area contributed by atoms with Gasteiger partial charge in [-0.1, -0.05) is 0 Å². The summed E-state index contributed by atoms with van der Waals surface area (Å²) in [6.45, 7) is -0.840. The Kier molecular flexibility index (Phi) is 2.87. The molecule has 1 aromatic heterocycles. The third kappa shape index (κ3) is 1.80. The summed E-state index contributed by atoms with van der Waals surface area (Å²) in [5, 5.41) is 28.8. The van der Waals surface area contributed by atoms with Crippen LogP contribution in [0.2, 0.25) is 0 Å². The van der Waals surface area contributed by atoms with Gasteiger partial charge in [-0.25, -0.2) is 4.79 Å². The van der Waals surface area contributed by atoms with Crippen molar-refractivity contribution in [3.63, 3.8) is 0 Å². The molecular formula is C9H12N2O6. The lowest BCUT2D eigenvalue weighted by molar-refractivity contribution is -0.115. The Morgan fingerprint density at radius 2 is 2.29 bits per heavy atom. The molecule has 0 aliphatic carbocycles. The third-order valence-corrected chi connectivity index (χ3v) is 2.76. The Morgan fingerprint density at radius 1 is 1.59 bits per heavy atom. The first-order chi connectivity index (χ1) is 7.99. The first-order valence-electron chi connectivity index (χ1n) is 4.94. The first-order valence-corrected chi connectivity index (χ1v) is 4.94. The zero-order valence-electron chi connectivity index (χ0n) is 8.74. The monoisotopic (exact) mass is 244 g/mol. The van der Waals surface area contributed by atoms with Gasteiger partial charge in [0.1, 0.15) is 12.2 Å². The number of aromatic amines is 1. The molecule has 0 saturated carbocycles. The van der Waals surface area contributed by atoms with Crippen LogP contribution in [0.4, 0.5) is 0 Å². The quantitative estimate of drug-likeness (QED) is 0.437. The maximum Gasteiger partial charge on any atom is 0.330 e. The van der Waals surface area contributed by atoms with E-state index in [0.29, 0.717) is 0 Å². The van der Waals surface area contributed by atoms with E-state index in [-0.39, 0.29) is 6.61 Å². The van der Waals surface area contributed by atoms with Gasteiger partial charge < -0.3 is 20.1 Å². The predicted octanol–water partition coefficient (Wildman–Crippen LogP) is -3.07. The number of aliphatic hydroxyl groups is 3. The van der Waals surface area contributed by atoms with Crippen LogP contribution in [0.1, 0.15) is 0 Å². The molecule has 0 unspecified atom stereocenters. The molecular weight excluding hydrogens is 232 g/mol. The smallest absolute Gasteiger partial charge is 0.330 e. The molecule has 0 radical (unpaired) electrons. The van der Waals surface area contributed by atoms with Crippen LogP contribution in [-0.2, 0) is 10.5 Å². The number of nitrogens with one attached hydrogen (secondary N) is 1. The van der Waals surface area contributed by atoms with Gasteiger partial charge in [-0.05, 0) is 0 Å². The van der Waals surface area contributed by atoms with Crippen molar-refractivity contribution in [3.05, 3.63) is 33.1 Å². The van der Waals surface area contributed by atoms with Crippen LogP contribution in [0.5, 0.6) is 0 Å². The van der Waals surface area contributed by atoms with Crippen molar-refractivity contribution >= 4 is 0 Å². The van der Waals surface area contributed by atoms with Gasteiger partial charge in [0.15, 0.2) is 5.72 Å². The van der Waals surface area contributed by atoms with E-state index in [4.69, 9.17) is 9.84 Å². The third-order valence-electron chi connectivity index (χ3n) is 2.76. The lowest BCUT2D eigenvalue weighted by Gasteiger charge is -2.27. The van der Waals surface area contributed by atoms with E-state index >= 15 is 0 Å². The SMILES string of the molecule is O=c1ccn([C@]2(O)CO[C@H](CO)[C@H]2O)c(=O)[nH]1. The summed E-state index contributed by atoms with van der Waals surface area (Å²) >= 11 is 0. The van der Waals surface area contributed by atoms with Crippen molar-refractivity contribution in [2.75, 3.05) is 13.2 Å². The number of hydrogen-bond donors (Lipinski definition) is 4. The molecule has 8 nitrogen and oxygen atoms in total. The number of hydrogen-bond acceptors (Lipinski definition) is 6. The van der Waals surface area contributed by atoms with Crippen LogP contribution in [0.15, 0.2) is 21.9 Å². The molecule has 0 spiro atoms. The highest BCUT2D eigenvalue weighted by molar-refractivity contribution is 4.97. The van der Waals surface area contributed by atoms with Crippen molar-refractivity contribution in [1.82, 2.24) is 9.55 Å². The van der Waals surface area contributed by atoms with E-state index < -0.39 is 35.8 Å². The van der Waals surface area contributed by atoms with Gasteiger partial charge >= 0.3 is 5.69 Å². The predicted molar refractivity (Wildman–Crippen MR) is 54.3 cm³/mol. The average Bonchev–Trinajstić information content (AvgIpc) is 2.56. The molecule has 94 valence electrons. The largest absolute Gasteiger partial charge is 0.394 e. The van der Waals surface area contributed by atoms with Gasteiger partial charge in [-0.3, -0.25) is 14.3 Å². The van der Waals surface area contributed by atoms with Crippen molar-refractivity contribution in [2.45, 2.75) is 17.9 Å². The molecule has 8 heteroatoms. The number of aromatic nitrogens is 2. The van der Waals surface area contributed by atoms with Crippen LogP contribution in [0.25, 0.3) is 0 Å². The van der Waals surface area contributed by atoms with Crippen molar-refractivity contribution in [3.8, 4) is 0 Å². The van der Waals surface area contributed by atoms with Crippen molar-refractivity contribution in [2.24, 2.45) is 0 Å². The summed E-state index contributed by atoms with van der Waals surface area (Å²) in [5.74, 6) is 0. The van der Waals surface area contributed by atoms with Gasteiger partial charge in [0.2, 0.25) is 0 Å². The fourth-order valence-electron chi connectivity index (χ4n) is 1.79. The molecule has 17 heavy (non-hydrogen) atoms. The minimum Gasteiger partial charge on any atom is -0.394 e. The van der Waals surface area contributed by atoms with Crippen LogP contribution in [0.3, 0.4) is 0 Å². The summed E-state index contributed by atoms with van der Waals surface area (Å²) in [5.41, 5.74) is -3.46. The number of aliphatic hydroxyl groups excluding tert-OH is 2. The normalized spacial score (nSPS) is 32.9. The maximum atomic E-state index is 11.5. The summed E-state index contributed by atoms with van der Waals surface area (Å²) in [4.78, 5) is 24.3. The number of ether oxygens (including phenoxy) is 1. The van der Waals surface area contributed by atoms with E-state index in [1.807, 2.05) is 4.98 Å². The van der Waals surface area contributed by atoms with Crippen molar-refractivity contribution < 1.29 is 20.1 Å². The Labute approximate surface area is 94.7 Å². The standard InChI is InChI=1S/C9H12N2O6/c12-3-5-7(14)9(16,4-17-5)11-2-1-6(13)10-8(11)15/h1-2,5,7,12,14,16H,3-4H2,(H,10,13,15)/t5-,7-,9+/m1/s1. The minimum absolute atomic E-state index is 0.356. The lowest BCUT2D eigenvalue weighted by Crippen LogP contribution is -2.52. The number of rotatable bonds is 2. The molecule has 0 bridgehead atoms. The van der Waals surface area contributed by atoms with E-state index in [2.05, 4.69) is 0 Å². The van der Waals surface area contributed by atoms with Crippen molar-refractivity contribution in [1.29, 1.82) is 0 Å². The summed E-state index contributed by atoms with van der Waals surface area (Å²) in [7, 11) is 0. The average molecular weight is 244 g/mol. The van der Waals surface area contributed by atoms with Gasteiger partial charge in [0.05, 0.1) is 13.2 Å². The first kappa shape index (κ1) is 12.0. The molecule has 2 rings (SSSR count). The summed E-state index contributed by atoms with van der Waals surface area (Å²) in [6, 6.07) is 1.04. The molecule has 4 N–H and O–H groups in total. The Bertz CT molecular complexity index is 523. The van der Waals surface area contributed by atoms with Crippen LogP contribution in [0, 0.1) is 0 Å². The molecule has 1 aliphatic heterocycles. The second kappa shape index (κ2) is 4.08. The van der Waals surface area contributed by atoms with Gasteiger partial charge in [0.25, 0.3) is 5.56 Å². The molecule has 1 aliphatic rings. The van der Waals surface area contributed by atoms with Gasteiger partial charge in [0, 0.05) is 12.3 Å². The maximum absolute atomic E-state index is 11.5. The van der Waals surface area contributed by atoms with Gasteiger partial charge in [-0.2, -0.15) is 0 Å². The lowest BCUT2D eigenvalue weighted by atomic mass is 10.1. The Hall–Kier alpha value is -1.48. The van der Waals surface area contributed by atoms with E-state index in [1.54, 1.807) is 0 Å². The topological polar surface area (TPSA) is 125 Å². The Balaban J connectivity index is 2.46. The highest BCUT2D eigenvalue weighted by Crippen LogP contribution is 2.27. The van der Waals surface area contributed by atoms with Gasteiger partial charge in [-0.15, -0.1) is 0 Å². The summed E-state index contributed by atoms with van der Waals surface area (Å²) < 4.78 is 5.74. The van der Waals surface area contributed by atoms with E-state index in [0.717, 1.165) is 16.8 Å². The molecule has 1 fully saturated rings. The molecule has 1 saturated heterocycles. The Morgan fingerprint density at radius 3 is 2.82 bits per heavy atom. The van der Waals surface area contributed by atoms with E-state index in [1.165, 1.54) is 0 Å². The second-order valence-electron chi connectivity index (χ2n) is 3.84. The number of H-pyrrole nitrogens is 1. The zero-order valence-corrected chi connectivity index (χ0v) is 8.74. The highest BCUT2D eigenvalue weighted by Gasteiger charge is 2.49. The zero-order chi connectivity index (χ0) is 12.6. The van der Waals surface area contributed by atoms with E-state index in [9.17, 15) is 19.8 Å². The molecule has 0 amide bonds. The summed E-state index contributed by atoms with van der Waals surface area (Å²) in [6.07, 6.45) is -1.37. The molecule has 3 atom stereocenters. The molecule has 0 aromatic carbocycles. The minimum atomic E-state index is -1.99. The van der Waals surface area contributed by atoms with Crippen LogP contribution >= 0.6 is 0 Å². The fraction of sp³-hybridized carbons (Fsp3) is 0.556. The second-order valence-corrected chi connectivity index (χ2v) is 3.84. The molecule has 1 aromatic rings. The van der Waals surface area contributed by atoms with Crippen LogP contribution < -0.4 is 11.2 Å². The number of nitrogens with zero attached hydrogens (tertiary/aromatic N) is 1. The highest BCUT2D eigenvalue weighted by atomic mass is 16.5. The fourth-order valence-corrected chi connectivity index (χ4v) is 1.79. The molecule has 2 heterocycles.